The van der Waals surface area contributed by atoms with E-state index >= 15 is 0 Å². The van der Waals surface area contributed by atoms with Gasteiger partial charge in [-0.25, -0.2) is 19.0 Å². The molecule has 0 atom stereocenters. The van der Waals surface area contributed by atoms with Crippen LogP contribution in [0.15, 0.2) is 58.8 Å². The molecule has 1 fully saturated rings. The molecule has 4 aromatic rings. The average molecular weight is 546 g/mol. The van der Waals surface area contributed by atoms with E-state index in [1.165, 1.54) is 21.6 Å². The predicted molar refractivity (Wildman–Crippen MR) is 156 cm³/mol. The Morgan fingerprint density at radius 1 is 1.18 bits per heavy atom. The zero-order valence-electron chi connectivity index (χ0n) is 23.3. The van der Waals surface area contributed by atoms with Gasteiger partial charge in [-0.2, -0.15) is 4.98 Å². The van der Waals surface area contributed by atoms with Crippen LogP contribution in [0.2, 0.25) is 0 Å². The molecule has 12 nitrogen and oxygen atoms in total. The maximum atomic E-state index is 13.3. The molecule has 0 amide bonds. The number of rotatable bonds is 9. The van der Waals surface area contributed by atoms with Crippen LogP contribution >= 0.6 is 0 Å². The lowest BCUT2D eigenvalue weighted by atomic mass is 10.0. The predicted octanol–water partition coefficient (Wildman–Crippen LogP) is 2.85. The minimum absolute atomic E-state index is 0.159. The maximum Gasteiger partial charge on any atom is 0.278 e. The second kappa shape index (κ2) is 11.3. The van der Waals surface area contributed by atoms with Crippen LogP contribution in [0, 0.1) is 0 Å². The number of fused-ring (bicyclic) bond motifs is 1. The first-order valence-electron chi connectivity index (χ1n) is 13.4. The molecular weight excluding hydrogens is 510 g/mol. The molecule has 0 spiro atoms. The van der Waals surface area contributed by atoms with Crippen LogP contribution in [0.4, 0.5) is 17.3 Å². The van der Waals surface area contributed by atoms with Crippen molar-refractivity contribution in [2.45, 2.75) is 45.3 Å². The Morgan fingerprint density at radius 2 is 1.95 bits per heavy atom. The third-order valence-corrected chi connectivity index (χ3v) is 7.17. The fourth-order valence-corrected chi connectivity index (χ4v) is 5.06. The summed E-state index contributed by atoms with van der Waals surface area (Å²) in [6.07, 6.45) is 5.27. The highest BCUT2D eigenvalue weighted by Gasteiger charge is 2.22. The number of aromatic nitrogens is 6. The molecule has 12 heteroatoms. The molecule has 3 aromatic heterocycles. The highest BCUT2D eigenvalue weighted by atomic mass is 16.5. The largest absolute Gasteiger partial charge is 0.495 e. The van der Waals surface area contributed by atoms with Crippen molar-refractivity contribution in [2.24, 2.45) is 0 Å². The Labute approximate surface area is 231 Å². The van der Waals surface area contributed by atoms with E-state index in [9.17, 15) is 9.59 Å². The minimum Gasteiger partial charge on any atom is -0.495 e. The molecule has 4 heterocycles. The van der Waals surface area contributed by atoms with Gasteiger partial charge < -0.3 is 20.3 Å². The number of hydrogen-bond donors (Lipinski definition) is 2. The zero-order valence-corrected chi connectivity index (χ0v) is 23.3. The van der Waals surface area contributed by atoms with Crippen LogP contribution in [0.25, 0.3) is 16.9 Å². The number of allylic oxidation sites excluding steroid dienone is 1. The van der Waals surface area contributed by atoms with E-state index in [4.69, 9.17) is 9.72 Å². The quantitative estimate of drug-likeness (QED) is 0.306. The van der Waals surface area contributed by atoms with Crippen LogP contribution in [0.5, 0.6) is 5.75 Å². The highest BCUT2D eigenvalue weighted by Crippen LogP contribution is 2.33. The van der Waals surface area contributed by atoms with Gasteiger partial charge in [0.25, 0.3) is 11.1 Å². The Kier molecular flexibility index (Phi) is 7.69. The SMILES string of the molecule is C=CCn1c(=O)c2cnc(Nc3ccc(N4CCC(NC)CC4)c(OC)c3)nc2n1-c1ccc(=O)n(C(C)C)n1. The lowest BCUT2D eigenvalue weighted by Crippen LogP contribution is -2.41. The summed E-state index contributed by atoms with van der Waals surface area (Å²) in [4.78, 5) is 37.0. The topological polar surface area (TPSA) is 124 Å². The zero-order chi connectivity index (χ0) is 28.4. The molecule has 210 valence electrons. The van der Waals surface area contributed by atoms with Gasteiger partial charge in [-0.1, -0.05) is 6.08 Å². The number of methoxy groups -OCH3 is 1. The summed E-state index contributed by atoms with van der Waals surface area (Å²) in [5.41, 5.74) is 1.64. The number of piperidine rings is 1. The first kappa shape index (κ1) is 27.1. The molecule has 0 unspecified atom stereocenters. The summed E-state index contributed by atoms with van der Waals surface area (Å²) in [7, 11) is 3.67. The molecule has 0 radical (unpaired) electrons. The fraction of sp³-hybridized carbons (Fsp3) is 0.393. The standard InChI is InChI=1S/C28H35N9O3/c1-6-13-35-27(39)21-17-30-28(32-26(21)37(35)24-9-10-25(38)36(33-24)18(2)3)31-20-7-8-22(23(16-20)40-5)34-14-11-19(29-4)12-15-34/h6-10,16-19,29H,1,11-15H2,2-5H3,(H,30,31,32). The molecule has 0 aliphatic carbocycles. The number of benzene rings is 1. The van der Waals surface area contributed by atoms with Gasteiger partial charge in [0, 0.05) is 43.1 Å². The van der Waals surface area contributed by atoms with Crippen molar-refractivity contribution in [3.05, 3.63) is 69.9 Å². The van der Waals surface area contributed by atoms with Crippen molar-refractivity contribution in [3.63, 3.8) is 0 Å². The van der Waals surface area contributed by atoms with Gasteiger partial charge in [-0.05, 0) is 51.9 Å². The van der Waals surface area contributed by atoms with Crippen LogP contribution in [0.3, 0.4) is 0 Å². The molecule has 1 aromatic carbocycles. The van der Waals surface area contributed by atoms with E-state index in [1.54, 1.807) is 23.9 Å². The maximum absolute atomic E-state index is 13.3. The number of nitrogens with one attached hydrogen (secondary N) is 2. The first-order valence-corrected chi connectivity index (χ1v) is 13.4. The molecule has 0 bridgehead atoms. The van der Waals surface area contributed by atoms with Crippen LogP contribution in [-0.4, -0.2) is 62.4 Å². The van der Waals surface area contributed by atoms with Gasteiger partial charge in [0.05, 0.1) is 25.4 Å². The first-order chi connectivity index (χ1) is 19.3. The number of ether oxygens (including phenoxy) is 1. The van der Waals surface area contributed by atoms with Crippen molar-refractivity contribution >= 4 is 28.4 Å². The van der Waals surface area contributed by atoms with Crippen molar-refractivity contribution < 1.29 is 4.74 Å². The van der Waals surface area contributed by atoms with Crippen molar-refractivity contribution in [1.29, 1.82) is 0 Å². The van der Waals surface area contributed by atoms with E-state index in [2.05, 4.69) is 32.2 Å². The summed E-state index contributed by atoms with van der Waals surface area (Å²) in [5, 5.41) is 11.4. The third kappa shape index (κ3) is 5.09. The average Bonchev–Trinajstić information content (AvgIpc) is 3.23. The van der Waals surface area contributed by atoms with Crippen LogP contribution in [-0.2, 0) is 6.54 Å². The summed E-state index contributed by atoms with van der Waals surface area (Å²) in [6.45, 7) is 9.66. The second-order valence-corrected chi connectivity index (χ2v) is 10.0. The van der Waals surface area contributed by atoms with Gasteiger partial charge in [0.15, 0.2) is 11.5 Å². The van der Waals surface area contributed by atoms with Gasteiger partial charge >= 0.3 is 0 Å². The van der Waals surface area contributed by atoms with Crippen molar-refractivity contribution in [1.82, 2.24) is 34.4 Å². The Balaban J connectivity index is 1.52. The van der Waals surface area contributed by atoms with Crippen LogP contribution < -0.4 is 31.4 Å². The van der Waals surface area contributed by atoms with E-state index in [0.717, 1.165) is 43.1 Å². The lowest BCUT2D eigenvalue weighted by molar-refractivity contribution is 0.406. The van der Waals surface area contributed by atoms with Gasteiger partial charge in [0.1, 0.15) is 11.1 Å². The number of hydrogen-bond acceptors (Lipinski definition) is 9. The molecule has 1 aliphatic rings. The summed E-state index contributed by atoms with van der Waals surface area (Å²) in [5.74, 6) is 1.45. The monoisotopic (exact) mass is 545 g/mol. The van der Waals surface area contributed by atoms with Gasteiger partial charge in [-0.3, -0.25) is 9.59 Å². The van der Waals surface area contributed by atoms with E-state index in [-0.39, 0.29) is 23.7 Å². The van der Waals surface area contributed by atoms with Gasteiger partial charge in [-0.15, -0.1) is 11.7 Å². The summed E-state index contributed by atoms with van der Waals surface area (Å²) < 4.78 is 10.2. The highest BCUT2D eigenvalue weighted by molar-refractivity contribution is 5.77. The smallest absolute Gasteiger partial charge is 0.278 e. The molecule has 0 saturated carbocycles. The Bertz CT molecular complexity index is 1650. The van der Waals surface area contributed by atoms with E-state index < -0.39 is 0 Å². The fourth-order valence-electron chi connectivity index (χ4n) is 5.06. The number of anilines is 3. The molecule has 1 saturated heterocycles. The Morgan fingerprint density at radius 3 is 2.62 bits per heavy atom. The van der Waals surface area contributed by atoms with Crippen molar-refractivity contribution in [3.8, 4) is 11.6 Å². The third-order valence-electron chi connectivity index (χ3n) is 7.17. The summed E-state index contributed by atoms with van der Waals surface area (Å²) >= 11 is 0. The second-order valence-electron chi connectivity index (χ2n) is 10.0. The van der Waals surface area contributed by atoms with E-state index in [1.807, 2.05) is 39.1 Å². The minimum atomic E-state index is -0.279. The van der Waals surface area contributed by atoms with E-state index in [0.29, 0.717) is 28.8 Å². The molecule has 1 aliphatic heterocycles. The molecule has 5 rings (SSSR count). The van der Waals surface area contributed by atoms with Crippen molar-refractivity contribution in [2.75, 3.05) is 37.5 Å². The lowest BCUT2D eigenvalue weighted by Gasteiger charge is -2.34. The number of nitrogens with zero attached hydrogens (tertiary/aromatic N) is 7. The van der Waals surface area contributed by atoms with Gasteiger partial charge in [0.2, 0.25) is 5.95 Å². The molecule has 2 N–H and O–H groups in total. The Hall–Kier alpha value is -4.45. The van der Waals surface area contributed by atoms with Crippen LogP contribution in [0.1, 0.15) is 32.7 Å². The molecule has 40 heavy (non-hydrogen) atoms. The molecular formula is C28H35N9O3. The summed E-state index contributed by atoms with van der Waals surface area (Å²) in [6, 6.07) is 9.32. The normalized spacial score (nSPS) is 14.2.